The van der Waals surface area contributed by atoms with Crippen molar-refractivity contribution in [3.05, 3.63) is 59.8 Å². The van der Waals surface area contributed by atoms with E-state index in [-0.39, 0.29) is 16.3 Å². The minimum Gasteiger partial charge on any atom is -0.376 e. The van der Waals surface area contributed by atoms with Crippen LogP contribution in [0.1, 0.15) is 16.1 Å². The highest BCUT2D eigenvalue weighted by Crippen LogP contribution is 2.33. The molecule has 0 bridgehead atoms. The zero-order valence-corrected chi connectivity index (χ0v) is 13.5. The summed E-state index contributed by atoms with van der Waals surface area (Å²) in [5.74, 6) is 0.0543. The quantitative estimate of drug-likeness (QED) is 0.545. The van der Waals surface area contributed by atoms with E-state index in [0.717, 1.165) is 11.1 Å². The summed E-state index contributed by atoms with van der Waals surface area (Å²) in [7, 11) is -2.32. The Morgan fingerprint density at radius 1 is 1.04 bits per heavy atom. The topological polar surface area (TPSA) is 65.4 Å². The number of nitrogens with zero attached hydrogens (tertiary/aromatic N) is 1. The number of carbonyl (C=O) groups excluding carboxylic acids is 1. The van der Waals surface area contributed by atoms with Gasteiger partial charge in [-0.25, -0.2) is 0 Å². The average Bonchev–Trinajstić information content (AvgIpc) is 2.80. The maximum Gasteiger partial charge on any atom is 0.339 e. The molecule has 0 amide bonds. The Morgan fingerprint density at radius 2 is 1.70 bits per heavy atom. The molecule has 5 nitrogen and oxygen atoms in total. The summed E-state index contributed by atoms with van der Waals surface area (Å²) < 4.78 is 31.9. The minimum absolute atomic E-state index is 0.0490. The van der Waals surface area contributed by atoms with Crippen molar-refractivity contribution >= 4 is 27.3 Å². The minimum atomic E-state index is -4.01. The second-order valence-corrected chi connectivity index (χ2v) is 6.81. The van der Waals surface area contributed by atoms with E-state index in [9.17, 15) is 13.2 Å². The van der Waals surface area contributed by atoms with Crippen LogP contribution in [0.5, 0.6) is 5.75 Å². The molecule has 3 rings (SSSR count). The molecule has 0 spiro atoms. The van der Waals surface area contributed by atoms with Gasteiger partial charge in [0, 0.05) is 12.4 Å². The van der Waals surface area contributed by atoms with Crippen LogP contribution < -0.4 is 4.18 Å². The van der Waals surface area contributed by atoms with Crippen LogP contribution in [0.15, 0.2) is 53.4 Å². The lowest BCUT2D eigenvalue weighted by Crippen LogP contribution is -2.11. The summed E-state index contributed by atoms with van der Waals surface area (Å²) in [5.41, 5.74) is 1.85. The number of aldehydes is 1. The molecule has 0 aliphatic rings. The fourth-order valence-corrected chi connectivity index (χ4v) is 3.42. The Hall–Kier alpha value is -2.60. The van der Waals surface area contributed by atoms with E-state index in [1.54, 1.807) is 41.9 Å². The summed E-state index contributed by atoms with van der Waals surface area (Å²) in [6.07, 6.45) is 0.597. The normalized spacial score (nSPS) is 11.6. The van der Waals surface area contributed by atoms with Gasteiger partial charge in [-0.3, -0.25) is 4.79 Å². The van der Waals surface area contributed by atoms with Crippen LogP contribution in [-0.4, -0.2) is 19.3 Å². The third-order valence-corrected chi connectivity index (χ3v) is 4.95. The molecule has 0 saturated carbocycles. The number of hydrogen-bond donors (Lipinski definition) is 0. The SMILES string of the molecule is Cc1ccc(S(=O)(=O)Oc2c(C=O)n(C)c3ccccc23)cc1. The first kappa shape index (κ1) is 15.3. The predicted molar refractivity (Wildman–Crippen MR) is 87.3 cm³/mol. The van der Waals surface area contributed by atoms with Gasteiger partial charge in [0.05, 0.1) is 5.52 Å². The number of hydrogen-bond acceptors (Lipinski definition) is 4. The predicted octanol–water partition coefficient (Wildman–Crippen LogP) is 3.07. The second kappa shape index (κ2) is 5.55. The molecular formula is C17H15NO4S. The second-order valence-electron chi connectivity index (χ2n) is 5.26. The standard InChI is InChI=1S/C17H15NO4S/c1-12-7-9-13(10-8-12)23(20,21)22-17-14-5-3-4-6-15(14)18(2)16(17)11-19/h3-11H,1-2H3. The van der Waals surface area contributed by atoms with E-state index in [0.29, 0.717) is 11.7 Å². The number of benzene rings is 2. The molecule has 3 aromatic rings. The van der Waals surface area contributed by atoms with Crippen LogP contribution in [0.4, 0.5) is 0 Å². The third-order valence-electron chi connectivity index (χ3n) is 3.72. The third kappa shape index (κ3) is 2.61. The van der Waals surface area contributed by atoms with Crippen molar-refractivity contribution in [2.45, 2.75) is 11.8 Å². The van der Waals surface area contributed by atoms with Gasteiger partial charge < -0.3 is 8.75 Å². The number of rotatable bonds is 4. The molecule has 0 radical (unpaired) electrons. The summed E-state index contributed by atoms with van der Waals surface area (Å²) in [4.78, 5) is 11.4. The average molecular weight is 329 g/mol. The van der Waals surface area contributed by atoms with Crippen LogP contribution in [0.25, 0.3) is 10.9 Å². The number of aromatic nitrogens is 1. The molecule has 0 aliphatic carbocycles. The summed E-state index contributed by atoms with van der Waals surface area (Å²) in [6, 6.07) is 13.5. The molecule has 0 fully saturated rings. The van der Waals surface area contributed by atoms with Crippen molar-refractivity contribution in [3.63, 3.8) is 0 Å². The van der Waals surface area contributed by atoms with Crippen LogP contribution in [0.2, 0.25) is 0 Å². The maximum atomic E-state index is 12.5. The lowest BCUT2D eigenvalue weighted by atomic mass is 10.2. The van der Waals surface area contributed by atoms with Gasteiger partial charge in [-0.15, -0.1) is 0 Å². The highest BCUT2D eigenvalue weighted by atomic mass is 32.2. The zero-order chi connectivity index (χ0) is 16.6. The van der Waals surface area contributed by atoms with Gasteiger partial charge in [0.25, 0.3) is 0 Å². The van der Waals surface area contributed by atoms with E-state index in [1.165, 1.54) is 12.1 Å². The van der Waals surface area contributed by atoms with Gasteiger partial charge in [0.2, 0.25) is 0 Å². The highest BCUT2D eigenvalue weighted by Gasteiger charge is 2.23. The van der Waals surface area contributed by atoms with E-state index in [1.807, 2.05) is 13.0 Å². The van der Waals surface area contributed by atoms with Crippen molar-refractivity contribution < 1.29 is 17.4 Å². The lowest BCUT2D eigenvalue weighted by Gasteiger charge is -2.07. The van der Waals surface area contributed by atoms with Crippen LogP contribution >= 0.6 is 0 Å². The molecular weight excluding hydrogens is 314 g/mol. The zero-order valence-electron chi connectivity index (χ0n) is 12.7. The largest absolute Gasteiger partial charge is 0.376 e. The number of carbonyl (C=O) groups is 1. The van der Waals surface area contributed by atoms with Gasteiger partial charge in [0.1, 0.15) is 10.6 Å². The monoisotopic (exact) mass is 329 g/mol. The van der Waals surface area contributed by atoms with Crippen LogP contribution in [-0.2, 0) is 17.2 Å². The van der Waals surface area contributed by atoms with Gasteiger partial charge in [-0.2, -0.15) is 8.42 Å². The Labute approximate surface area is 134 Å². The summed E-state index contributed by atoms with van der Waals surface area (Å²) in [6.45, 7) is 1.87. The Morgan fingerprint density at radius 3 is 2.35 bits per heavy atom. The fourth-order valence-electron chi connectivity index (χ4n) is 2.46. The van der Waals surface area contributed by atoms with Crippen LogP contribution in [0, 0.1) is 6.92 Å². The van der Waals surface area contributed by atoms with Crippen molar-refractivity contribution in [1.82, 2.24) is 4.57 Å². The molecule has 0 aliphatic heterocycles. The number of aryl methyl sites for hydroxylation is 2. The molecule has 2 aromatic carbocycles. The highest BCUT2D eigenvalue weighted by molar-refractivity contribution is 7.87. The van der Waals surface area contributed by atoms with Crippen molar-refractivity contribution in [1.29, 1.82) is 0 Å². The lowest BCUT2D eigenvalue weighted by molar-refractivity contribution is 0.111. The van der Waals surface area contributed by atoms with Gasteiger partial charge in [-0.05, 0) is 31.2 Å². The summed E-state index contributed by atoms with van der Waals surface area (Å²) in [5, 5.41) is 0.577. The molecule has 0 saturated heterocycles. The smallest absolute Gasteiger partial charge is 0.339 e. The molecule has 1 heterocycles. The van der Waals surface area contributed by atoms with E-state index in [4.69, 9.17) is 4.18 Å². The molecule has 118 valence electrons. The molecule has 23 heavy (non-hydrogen) atoms. The first-order valence-electron chi connectivity index (χ1n) is 6.98. The van der Waals surface area contributed by atoms with Gasteiger partial charge in [-0.1, -0.05) is 29.8 Å². The number of para-hydroxylation sites is 1. The van der Waals surface area contributed by atoms with E-state index >= 15 is 0 Å². The Bertz CT molecular complexity index is 985. The molecule has 0 atom stereocenters. The first-order chi connectivity index (χ1) is 10.9. The maximum absolute atomic E-state index is 12.5. The fraction of sp³-hybridized carbons (Fsp3) is 0.118. The van der Waals surface area contributed by atoms with E-state index < -0.39 is 10.1 Å². The van der Waals surface area contributed by atoms with Gasteiger partial charge >= 0.3 is 10.1 Å². The van der Waals surface area contributed by atoms with Crippen molar-refractivity contribution in [3.8, 4) is 5.75 Å². The van der Waals surface area contributed by atoms with E-state index in [2.05, 4.69) is 0 Å². The van der Waals surface area contributed by atoms with Crippen LogP contribution in [0.3, 0.4) is 0 Å². The Kier molecular flexibility index (Phi) is 3.69. The van der Waals surface area contributed by atoms with Crippen molar-refractivity contribution in [2.24, 2.45) is 7.05 Å². The van der Waals surface area contributed by atoms with Gasteiger partial charge in [0.15, 0.2) is 12.0 Å². The molecule has 1 aromatic heterocycles. The molecule has 0 N–H and O–H groups in total. The number of fused-ring (bicyclic) bond motifs is 1. The first-order valence-corrected chi connectivity index (χ1v) is 8.38. The Balaban J connectivity index is 2.14. The molecule has 6 heteroatoms. The summed E-state index contributed by atoms with van der Waals surface area (Å²) >= 11 is 0. The molecule has 0 unspecified atom stereocenters. The van der Waals surface area contributed by atoms with Crippen molar-refractivity contribution in [2.75, 3.05) is 0 Å².